The fourth-order valence-corrected chi connectivity index (χ4v) is 2.50. The van der Waals surface area contributed by atoms with E-state index in [1.807, 2.05) is 0 Å². The van der Waals surface area contributed by atoms with E-state index in [-0.39, 0.29) is 0 Å². The largest absolute Gasteiger partial charge is 0.394 e. The maximum atomic E-state index is 9.53. The SMILES string of the molecule is OC[C@@H](O)[C@H]1O[C@H]2O[C@@]3(C(Cl)Cl)O[C@@H]1[C@@H]2O3. The molecule has 2 bridgehead atoms. The summed E-state index contributed by atoms with van der Waals surface area (Å²) in [7, 11) is 0. The van der Waals surface area contributed by atoms with Crippen LogP contribution in [0.2, 0.25) is 0 Å². The summed E-state index contributed by atoms with van der Waals surface area (Å²) in [5.74, 6) is -1.51. The van der Waals surface area contributed by atoms with Crippen molar-refractivity contribution in [1.82, 2.24) is 0 Å². The van der Waals surface area contributed by atoms with Gasteiger partial charge in [-0.05, 0) is 0 Å². The Morgan fingerprint density at radius 3 is 2.38 bits per heavy atom. The Morgan fingerprint density at radius 2 is 1.88 bits per heavy atom. The first-order chi connectivity index (χ1) is 7.57. The Balaban J connectivity index is 1.82. The molecule has 0 aromatic carbocycles. The molecule has 3 rings (SSSR count). The van der Waals surface area contributed by atoms with E-state index < -0.39 is 48.1 Å². The highest BCUT2D eigenvalue weighted by Crippen LogP contribution is 2.51. The minimum Gasteiger partial charge on any atom is -0.394 e. The van der Waals surface area contributed by atoms with Crippen LogP contribution < -0.4 is 0 Å². The maximum Gasteiger partial charge on any atom is 0.318 e. The molecule has 0 radical (unpaired) electrons. The molecule has 0 aromatic heterocycles. The molecular formula is C8H10Cl2O6. The number of hydrogen-bond donors (Lipinski definition) is 2. The lowest BCUT2D eigenvalue weighted by atomic mass is 10.1. The van der Waals surface area contributed by atoms with Gasteiger partial charge >= 0.3 is 5.97 Å². The van der Waals surface area contributed by atoms with Crippen LogP contribution in [0.5, 0.6) is 0 Å². The lowest BCUT2D eigenvalue weighted by Gasteiger charge is -2.26. The Kier molecular flexibility index (Phi) is 2.62. The molecule has 92 valence electrons. The van der Waals surface area contributed by atoms with Crippen molar-refractivity contribution in [2.24, 2.45) is 0 Å². The molecule has 6 atom stereocenters. The van der Waals surface area contributed by atoms with E-state index in [4.69, 9.17) is 47.3 Å². The van der Waals surface area contributed by atoms with Crippen LogP contribution in [0.3, 0.4) is 0 Å². The number of halogens is 2. The van der Waals surface area contributed by atoms with Crippen LogP contribution >= 0.6 is 23.2 Å². The van der Waals surface area contributed by atoms with Gasteiger partial charge in [-0.25, -0.2) is 0 Å². The predicted molar refractivity (Wildman–Crippen MR) is 50.8 cm³/mol. The third-order valence-electron chi connectivity index (χ3n) is 2.92. The number of alkyl halides is 2. The minimum absolute atomic E-state index is 0.428. The lowest BCUT2D eigenvalue weighted by Crippen LogP contribution is -2.45. The average Bonchev–Trinajstić information content (AvgIpc) is 2.83. The topological polar surface area (TPSA) is 77.4 Å². The van der Waals surface area contributed by atoms with Gasteiger partial charge in [0.1, 0.15) is 24.4 Å². The summed E-state index contributed by atoms with van der Waals surface area (Å²) in [6.07, 6.45) is -3.41. The number of hydrogen-bond acceptors (Lipinski definition) is 6. The highest BCUT2D eigenvalue weighted by Gasteiger charge is 2.70. The van der Waals surface area contributed by atoms with Gasteiger partial charge in [0.15, 0.2) is 11.1 Å². The zero-order chi connectivity index (χ0) is 11.5. The van der Waals surface area contributed by atoms with Crippen LogP contribution in [0.25, 0.3) is 0 Å². The minimum atomic E-state index is -1.51. The molecule has 6 nitrogen and oxygen atoms in total. The number of ether oxygens (including phenoxy) is 4. The highest BCUT2D eigenvalue weighted by atomic mass is 35.5. The van der Waals surface area contributed by atoms with Gasteiger partial charge in [0.05, 0.1) is 6.61 Å². The van der Waals surface area contributed by atoms with E-state index >= 15 is 0 Å². The van der Waals surface area contributed by atoms with E-state index in [0.29, 0.717) is 0 Å². The second-order valence-corrected chi connectivity index (χ2v) is 5.00. The van der Waals surface area contributed by atoms with Crippen molar-refractivity contribution < 1.29 is 29.2 Å². The molecule has 3 fully saturated rings. The molecule has 0 spiro atoms. The molecule has 3 aliphatic rings. The standard InChI is InChI=1S/C8H10Cl2O6/c9-7(10)8-14-4-3(2(12)1-11)13-6(16-8)5(4)15-8/h2-7,11-12H,1H2/t2-,3-,4+,5+,6+,8+/m1/s1. The van der Waals surface area contributed by atoms with Crippen LogP contribution in [0.1, 0.15) is 0 Å². The zero-order valence-corrected chi connectivity index (χ0v) is 9.47. The summed E-state index contributed by atoms with van der Waals surface area (Å²) in [6.45, 7) is -0.428. The van der Waals surface area contributed by atoms with Crippen LogP contribution in [0, 0.1) is 0 Å². The highest BCUT2D eigenvalue weighted by molar-refractivity contribution is 6.44. The molecule has 3 heterocycles. The van der Waals surface area contributed by atoms with E-state index in [1.165, 1.54) is 0 Å². The number of aliphatic hydroxyl groups is 2. The Labute approximate surface area is 101 Å². The number of fused-ring (bicyclic) bond motifs is 1. The molecule has 0 aliphatic carbocycles. The quantitative estimate of drug-likeness (QED) is 0.664. The van der Waals surface area contributed by atoms with Gasteiger partial charge in [-0.3, -0.25) is 4.74 Å². The molecule has 8 heteroatoms. The average molecular weight is 273 g/mol. The molecule has 3 aliphatic heterocycles. The van der Waals surface area contributed by atoms with Gasteiger partial charge in [0, 0.05) is 0 Å². The zero-order valence-electron chi connectivity index (χ0n) is 7.95. The lowest BCUT2D eigenvalue weighted by molar-refractivity contribution is -0.313. The van der Waals surface area contributed by atoms with Crippen LogP contribution in [0.4, 0.5) is 0 Å². The third-order valence-corrected chi connectivity index (χ3v) is 3.46. The van der Waals surface area contributed by atoms with Crippen molar-refractivity contribution in [2.75, 3.05) is 6.61 Å². The first-order valence-electron chi connectivity index (χ1n) is 4.83. The second-order valence-electron chi connectivity index (χ2n) is 3.91. The molecule has 0 unspecified atom stereocenters. The normalized spacial score (nSPS) is 51.6. The first kappa shape index (κ1) is 11.4. The van der Waals surface area contributed by atoms with Crippen molar-refractivity contribution in [1.29, 1.82) is 0 Å². The second kappa shape index (κ2) is 3.66. The van der Waals surface area contributed by atoms with Gasteiger partial charge in [-0.15, -0.1) is 0 Å². The number of rotatable bonds is 3. The monoisotopic (exact) mass is 272 g/mol. The smallest absolute Gasteiger partial charge is 0.318 e. The van der Waals surface area contributed by atoms with Crippen molar-refractivity contribution in [3.63, 3.8) is 0 Å². The summed E-state index contributed by atoms with van der Waals surface area (Å²) in [4.78, 5) is -1.02. The van der Waals surface area contributed by atoms with Crippen molar-refractivity contribution in [2.45, 2.75) is 41.5 Å². The fraction of sp³-hybridized carbons (Fsp3) is 1.00. The van der Waals surface area contributed by atoms with Crippen LogP contribution in [-0.2, 0) is 18.9 Å². The summed E-state index contributed by atoms with van der Waals surface area (Å²) >= 11 is 11.4. The summed E-state index contributed by atoms with van der Waals surface area (Å²) in [5.41, 5.74) is 0. The Hall–Kier alpha value is 0.340. The Morgan fingerprint density at radius 1 is 1.19 bits per heavy atom. The van der Waals surface area contributed by atoms with Crippen LogP contribution in [-0.4, -0.2) is 58.3 Å². The molecule has 3 saturated heterocycles. The molecule has 2 N–H and O–H groups in total. The maximum absolute atomic E-state index is 9.53. The van der Waals surface area contributed by atoms with Gasteiger partial charge in [-0.2, -0.15) is 0 Å². The van der Waals surface area contributed by atoms with E-state index in [1.54, 1.807) is 0 Å². The molecule has 16 heavy (non-hydrogen) atoms. The van der Waals surface area contributed by atoms with Crippen molar-refractivity contribution in [3.05, 3.63) is 0 Å². The van der Waals surface area contributed by atoms with Crippen LogP contribution in [0.15, 0.2) is 0 Å². The first-order valence-corrected chi connectivity index (χ1v) is 5.70. The third kappa shape index (κ3) is 1.36. The van der Waals surface area contributed by atoms with Gasteiger partial charge in [-0.1, -0.05) is 23.2 Å². The van der Waals surface area contributed by atoms with Gasteiger partial charge < -0.3 is 24.4 Å². The summed E-state index contributed by atoms with van der Waals surface area (Å²) in [6, 6.07) is 0. The van der Waals surface area contributed by atoms with Crippen molar-refractivity contribution in [3.8, 4) is 0 Å². The Bertz CT molecular complexity index is 298. The van der Waals surface area contributed by atoms with E-state index in [9.17, 15) is 5.11 Å². The van der Waals surface area contributed by atoms with Crippen molar-refractivity contribution >= 4 is 23.2 Å². The van der Waals surface area contributed by atoms with Gasteiger partial charge in [0.25, 0.3) is 0 Å². The molecule has 0 saturated carbocycles. The van der Waals surface area contributed by atoms with E-state index in [2.05, 4.69) is 0 Å². The summed E-state index contributed by atoms with van der Waals surface area (Å²) in [5, 5.41) is 18.4. The number of aliphatic hydroxyl groups excluding tert-OH is 2. The van der Waals surface area contributed by atoms with Gasteiger partial charge in [0.2, 0.25) is 0 Å². The predicted octanol–water partition coefficient (Wildman–Crippen LogP) is -0.664. The summed E-state index contributed by atoms with van der Waals surface area (Å²) < 4.78 is 21.5. The molecule has 0 amide bonds. The molecular weight excluding hydrogens is 263 g/mol. The molecule has 0 aromatic rings. The fourth-order valence-electron chi connectivity index (χ4n) is 2.20. The van der Waals surface area contributed by atoms with E-state index in [0.717, 1.165) is 0 Å².